The number of benzene rings is 1. The van der Waals surface area contributed by atoms with Crippen molar-refractivity contribution in [2.75, 3.05) is 12.4 Å². The summed E-state index contributed by atoms with van der Waals surface area (Å²) in [6.07, 6.45) is 0. The second-order valence-electron chi connectivity index (χ2n) is 4.41. The van der Waals surface area contributed by atoms with Crippen LogP contribution in [0.3, 0.4) is 0 Å². The molecule has 14 heavy (non-hydrogen) atoms. The van der Waals surface area contributed by atoms with Crippen molar-refractivity contribution >= 4 is 11.5 Å². The van der Waals surface area contributed by atoms with Crippen LogP contribution in [0, 0.1) is 5.41 Å². The first-order valence-electron chi connectivity index (χ1n) is 4.78. The number of hydrogen-bond donors (Lipinski definition) is 1. The van der Waals surface area contributed by atoms with Gasteiger partial charge in [-0.05, 0) is 24.3 Å². The molecular weight excluding hydrogens is 174 g/mol. The van der Waals surface area contributed by atoms with E-state index >= 15 is 0 Å². The molecule has 1 rings (SSSR count). The van der Waals surface area contributed by atoms with E-state index in [9.17, 15) is 4.79 Å². The molecule has 0 heterocycles. The summed E-state index contributed by atoms with van der Waals surface area (Å²) in [7, 11) is 1.86. The number of hydrogen-bond acceptors (Lipinski definition) is 2. The molecule has 1 aromatic carbocycles. The van der Waals surface area contributed by atoms with E-state index in [0.29, 0.717) is 0 Å². The Morgan fingerprint density at radius 3 is 2.00 bits per heavy atom. The highest BCUT2D eigenvalue weighted by Gasteiger charge is 2.22. The molecule has 0 aliphatic heterocycles. The second-order valence-corrected chi connectivity index (χ2v) is 4.41. The van der Waals surface area contributed by atoms with E-state index in [1.807, 2.05) is 52.1 Å². The molecule has 0 bridgehead atoms. The molecular formula is C12H17NO. The fourth-order valence-electron chi connectivity index (χ4n) is 1.22. The Morgan fingerprint density at radius 2 is 1.64 bits per heavy atom. The van der Waals surface area contributed by atoms with Gasteiger partial charge >= 0.3 is 0 Å². The van der Waals surface area contributed by atoms with Crippen LogP contribution in [0.25, 0.3) is 0 Å². The molecule has 0 fully saturated rings. The molecule has 0 amide bonds. The predicted octanol–water partition coefficient (Wildman–Crippen LogP) is 2.96. The van der Waals surface area contributed by atoms with Gasteiger partial charge in [-0.15, -0.1) is 0 Å². The van der Waals surface area contributed by atoms with Crippen LogP contribution >= 0.6 is 0 Å². The zero-order valence-electron chi connectivity index (χ0n) is 9.22. The Bertz CT molecular complexity index is 319. The molecule has 0 aliphatic carbocycles. The van der Waals surface area contributed by atoms with E-state index < -0.39 is 0 Å². The third kappa shape index (κ3) is 2.34. The van der Waals surface area contributed by atoms with Crippen molar-refractivity contribution in [1.29, 1.82) is 0 Å². The fourth-order valence-corrected chi connectivity index (χ4v) is 1.22. The first-order valence-corrected chi connectivity index (χ1v) is 4.78. The lowest BCUT2D eigenvalue weighted by atomic mass is 9.86. The summed E-state index contributed by atoms with van der Waals surface area (Å²) in [5.41, 5.74) is 1.49. The first kappa shape index (κ1) is 10.8. The molecule has 0 atom stereocenters. The van der Waals surface area contributed by atoms with Gasteiger partial charge in [0, 0.05) is 23.7 Å². The average Bonchev–Trinajstić information content (AvgIpc) is 2.15. The Labute approximate surface area is 85.3 Å². The number of rotatable bonds is 2. The molecule has 0 saturated heterocycles. The Hall–Kier alpha value is -1.31. The number of Topliss-reactive ketones (excluding diaryl/α,β-unsaturated/α-hetero) is 1. The van der Waals surface area contributed by atoms with Gasteiger partial charge in [0.15, 0.2) is 5.78 Å². The van der Waals surface area contributed by atoms with E-state index in [1.54, 1.807) is 0 Å². The topological polar surface area (TPSA) is 29.1 Å². The van der Waals surface area contributed by atoms with Gasteiger partial charge in [-0.3, -0.25) is 4.79 Å². The van der Waals surface area contributed by atoms with Crippen molar-refractivity contribution in [3.63, 3.8) is 0 Å². The van der Waals surface area contributed by atoms with Gasteiger partial charge in [0.2, 0.25) is 0 Å². The van der Waals surface area contributed by atoms with Gasteiger partial charge in [0.05, 0.1) is 0 Å². The SMILES string of the molecule is CNc1ccc(C(=O)C(C)(C)C)cc1. The van der Waals surface area contributed by atoms with Crippen molar-refractivity contribution in [2.45, 2.75) is 20.8 Å². The molecule has 0 radical (unpaired) electrons. The summed E-state index contributed by atoms with van der Waals surface area (Å²) in [5, 5.41) is 3.02. The molecule has 1 N–H and O–H groups in total. The first-order chi connectivity index (χ1) is 6.45. The molecule has 76 valence electrons. The quantitative estimate of drug-likeness (QED) is 0.728. The molecule has 1 aromatic rings. The van der Waals surface area contributed by atoms with Crippen LogP contribution in [0.1, 0.15) is 31.1 Å². The molecule has 0 aromatic heterocycles. The van der Waals surface area contributed by atoms with Crippen LogP contribution in [0.4, 0.5) is 5.69 Å². The lowest BCUT2D eigenvalue weighted by Gasteiger charge is -2.16. The van der Waals surface area contributed by atoms with E-state index in [1.165, 1.54) is 0 Å². The van der Waals surface area contributed by atoms with Gasteiger partial charge in [-0.25, -0.2) is 0 Å². The number of carbonyl (C=O) groups is 1. The standard InChI is InChI=1S/C12H17NO/c1-12(2,3)11(14)9-5-7-10(13-4)8-6-9/h5-8,13H,1-4H3. The normalized spacial score (nSPS) is 11.1. The van der Waals surface area contributed by atoms with E-state index in [2.05, 4.69) is 5.32 Å². The second kappa shape index (κ2) is 3.82. The number of nitrogens with one attached hydrogen (secondary N) is 1. The lowest BCUT2D eigenvalue weighted by Crippen LogP contribution is -2.19. The van der Waals surface area contributed by atoms with Crippen LogP contribution in [0.5, 0.6) is 0 Å². The summed E-state index contributed by atoms with van der Waals surface area (Å²) in [4.78, 5) is 11.8. The minimum atomic E-state index is -0.304. The molecule has 0 aliphatic rings. The maximum Gasteiger partial charge on any atom is 0.168 e. The molecule has 2 nitrogen and oxygen atoms in total. The minimum absolute atomic E-state index is 0.181. The van der Waals surface area contributed by atoms with Crippen LogP contribution in [-0.2, 0) is 0 Å². The van der Waals surface area contributed by atoms with Crippen molar-refractivity contribution in [3.8, 4) is 0 Å². The van der Waals surface area contributed by atoms with Gasteiger partial charge < -0.3 is 5.32 Å². The van der Waals surface area contributed by atoms with Crippen LogP contribution in [0.2, 0.25) is 0 Å². The average molecular weight is 191 g/mol. The number of carbonyl (C=O) groups excluding carboxylic acids is 1. The smallest absolute Gasteiger partial charge is 0.168 e. The predicted molar refractivity (Wildman–Crippen MR) is 59.8 cm³/mol. The van der Waals surface area contributed by atoms with Gasteiger partial charge in [0.25, 0.3) is 0 Å². The van der Waals surface area contributed by atoms with E-state index in [-0.39, 0.29) is 11.2 Å². The van der Waals surface area contributed by atoms with Crippen molar-refractivity contribution < 1.29 is 4.79 Å². The van der Waals surface area contributed by atoms with Crippen molar-refractivity contribution in [2.24, 2.45) is 5.41 Å². The molecule has 0 spiro atoms. The Balaban J connectivity index is 2.93. The monoisotopic (exact) mass is 191 g/mol. The maximum absolute atomic E-state index is 11.8. The summed E-state index contributed by atoms with van der Waals surface area (Å²) >= 11 is 0. The Morgan fingerprint density at radius 1 is 1.14 bits per heavy atom. The highest BCUT2D eigenvalue weighted by Crippen LogP contribution is 2.21. The lowest BCUT2D eigenvalue weighted by molar-refractivity contribution is 0.0858. The van der Waals surface area contributed by atoms with Crippen LogP contribution in [-0.4, -0.2) is 12.8 Å². The van der Waals surface area contributed by atoms with Gasteiger partial charge in [-0.1, -0.05) is 20.8 Å². The summed E-state index contributed by atoms with van der Waals surface area (Å²) in [6, 6.07) is 7.55. The Kier molecular flexibility index (Phi) is 2.94. The van der Waals surface area contributed by atoms with Gasteiger partial charge in [-0.2, -0.15) is 0 Å². The third-order valence-corrected chi connectivity index (χ3v) is 2.12. The highest BCUT2D eigenvalue weighted by molar-refractivity contribution is 6.00. The minimum Gasteiger partial charge on any atom is -0.388 e. The fraction of sp³-hybridized carbons (Fsp3) is 0.417. The molecule has 2 heteroatoms. The number of ketones is 1. The number of anilines is 1. The van der Waals surface area contributed by atoms with E-state index in [4.69, 9.17) is 0 Å². The summed E-state index contributed by atoms with van der Waals surface area (Å²) in [5.74, 6) is 0.181. The highest BCUT2D eigenvalue weighted by atomic mass is 16.1. The summed E-state index contributed by atoms with van der Waals surface area (Å²) in [6.45, 7) is 5.80. The van der Waals surface area contributed by atoms with Crippen LogP contribution < -0.4 is 5.32 Å². The summed E-state index contributed by atoms with van der Waals surface area (Å²) < 4.78 is 0. The molecule has 0 unspecified atom stereocenters. The third-order valence-electron chi connectivity index (χ3n) is 2.12. The van der Waals surface area contributed by atoms with Crippen molar-refractivity contribution in [1.82, 2.24) is 0 Å². The van der Waals surface area contributed by atoms with Crippen molar-refractivity contribution in [3.05, 3.63) is 29.8 Å². The molecule has 0 saturated carbocycles. The zero-order chi connectivity index (χ0) is 10.8. The maximum atomic E-state index is 11.8. The van der Waals surface area contributed by atoms with E-state index in [0.717, 1.165) is 11.3 Å². The zero-order valence-corrected chi connectivity index (χ0v) is 9.22. The van der Waals surface area contributed by atoms with Crippen LogP contribution in [0.15, 0.2) is 24.3 Å². The largest absolute Gasteiger partial charge is 0.388 e. The van der Waals surface area contributed by atoms with Gasteiger partial charge in [0.1, 0.15) is 0 Å².